The van der Waals surface area contributed by atoms with E-state index in [0.717, 1.165) is 5.56 Å². The monoisotopic (exact) mass is 203 g/mol. The van der Waals surface area contributed by atoms with Crippen LogP contribution in [0.25, 0.3) is 0 Å². The van der Waals surface area contributed by atoms with Gasteiger partial charge in [0.1, 0.15) is 0 Å². The van der Waals surface area contributed by atoms with Gasteiger partial charge in [-0.3, -0.25) is 9.69 Å². The van der Waals surface area contributed by atoms with Crippen LogP contribution in [0, 0.1) is 6.92 Å². The van der Waals surface area contributed by atoms with Gasteiger partial charge in [0.15, 0.2) is 0 Å². The van der Waals surface area contributed by atoms with Gasteiger partial charge >= 0.3 is 6.03 Å². The van der Waals surface area contributed by atoms with E-state index in [2.05, 4.69) is 12.2 Å². The van der Waals surface area contributed by atoms with Gasteiger partial charge in [-0.05, 0) is 18.6 Å². The molecule has 0 saturated carbocycles. The van der Waals surface area contributed by atoms with E-state index in [9.17, 15) is 9.59 Å². The van der Waals surface area contributed by atoms with Gasteiger partial charge in [-0.2, -0.15) is 0 Å². The number of nitrogens with one attached hydrogen (secondary N) is 1. The van der Waals surface area contributed by atoms with Gasteiger partial charge < -0.3 is 5.32 Å². The second-order valence-electron chi connectivity index (χ2n) is 3.28. The quantitative estimate of drug-likeness (QED) is 0.745. The lowest BCUT2D eigenvalue weighted by Gasteiger charge is -2.13. The minimum absolute atomic E-state index is 0.239. The molecule has 1 heterocycles. The van der Waals surface area contributed by atoms with Gasteiger partial charge in [0, 0.05) is 12.1 Å². The number of carbonyl (C=O) groups is 2. The first-order valence-electron chi connectivity index (χ1n) is 4.71. The van der Waals surface area contributed by atoms with Crippen LogP contribution in [0.2, 0.25) is 0 Å². The van der Waals surface area contributed by atoms with E-state index in [1.165, 1.54) is 4.90 Å². The van der Waals surface area contributed by atoms with Crippen molar-refractivity contribution in [3.8, 4) is 0 Å². The van der Waals surface area contributed by atoms with Crippen molar-refractivity contribution in [2.75, 3.05) is 6.54 Å². The lowest BCUT2D eigenvalue weighted by atomic mass is 10.1. The summed E-state index contributed by atoms with van der Waals surface area (Å²) in [7, 11) is 0. The van der Waals surface area contributed by atoms with Crippen LogP contribution >= 0.6 is 0 Å². The molecule has 3 amide bonds. The third-order valence-electron chi connectivity index (χ3n) is 2.34. The van der Waals surface area contributed by atoms with Crippen molar-refractivity contribution in [3.05, 3.63) is 42.3 Å². The topological polar surface area (TPSA) is 49.4 Å². The molecule has 0 atom stereocenters. The van der Waals surface area contributed by atoms with Crippen molar-refractivity contribution in [2.24, 2.45) is 0 Å². The van der Waals surface area contributed by atoms with Crippen LogP contribution in [-0.2, 0) is 6.54 Å². The van der Waals surface area contributed by atoms with E-state index in [0.29, 0.717) is 12.1 Å². The predicted molar refractivity (Wildman–Crippen MR) is 55.1 cm³/mol. The number of amides is 3. The highest BCUT2D eigenvalue weighted by Gasteiger charge is 2.31. The largest absolute Gasteiger partial charge is 0.338 e. The number of benzene rings is 1. The fourth-order valence-electron chi connectivity index (χ4n) is 1.62. The van der Waals surface area contributed by atoms with Gasteiger partial charge in [-0.25, -0.2) is 4.79 Å². The van der Waals surface area contributed by atoms with Crippen molar-refractivity contribution in [1.29, 1.82) is 0 Å². The van der Waals surface area contributed by atoms with Crippen molar-refractivity contribution in [3.63, 3.8) is 0 Å². The summed E-state index contributed by atoms with van der Waals surface area (Å²) in [5.41, 5.74) is 1.50. The highest BCUT2D eigenvalue weighted by Crippen LogP contribution is 2.21. The molecule has 1 N–H and O–H groups in total. The molecule has 1 aromatic rings. The van der Waals surface area contributed by atoms with E-state index in [4.69, 9.17) is 0 Å². The summed E-state index contributed by atoms with van der Waals surface area (Å²) >= 11 is 0. The minimum Gasteiger partial charge on any atom is -0.338 e. The van der Waals surface area contributed by atoms with E-state index in [-0.39, 0.29) is 18.5 Å². The maximum atomic E-state index is 11.8. The van der Waals surface area contributed by atoms with E-state index < -0.39 is 0 Å². The third kappa shape index (κ3) is 1.58. The number of hydrogen-bond donors (Lipinski definition) is 1. The first kappa shape index (κ1) is 9.71. The number of nitrogens with zero attached hydrogens (tertiary/aromatic N) is 1. The first-order chi connectivity index (χ1) is 7.24. The van der Waals surface area contributed by atoms with Crippen LogP contribution in [0.5, 0.6) is 0 Å². The maximum Gasteiger partial charge on any atom is 0.324 e. The summed E-state index contributed by atoms with van der Waals surface area (Å²) in [5, 5.41) is 2.51. The average molecular weight is 203 g/mol. The van der Waals surface area contributed by atoms with E-state index in [1.54, 1.807) is 12.1 Å². The van der Waals surface area contributed by atoms with Gasteiger partial charge in [-0.1, -0.05) is 18.2 Å². The second kappa shape index (κ2) is 3.73. The van der Waals surface area contributed by atoms with Crippen LogP contribution in [0.15, 0.2) is 24.3 Å². The fourth-order valence-corrected chi connectivity index (χ4v) is 1.62. The number of fused-ring (bicyclic) bond motifs is 1. The minimum atomic E-state index is -0.383. The Hall–Kier alpha value is -1.84. The number of urea groups is 1. The van der Waals surface area contributed by atoms with Crippen LogP contribution < -0.4 is 5.32 Å². The van der Waals surface area contributed by atoms with Crippen LogP contribution in [0.1, 0.15) is 15.9 Å². The Labute approximate surface area is 87.9 Å². The molecule has 0 aromatic heterocycles. The Morgan fingerprint density at radius 1 is 1.47 bits per heavy atom. The zero-order valence-corrected chi connectivity index (χ0v) is 8.19. The number of hydrogen-bond acceptors (Lipinski definition) is 2. The summed E-state index contributed by atoms with van der Waals surface area (Å²) in [6.45, 7) is 4.13. The van der Waals surface area contributed by atoms with Gasteiger partial charge in [0.2, 0.25) is 0 Å². The first-order valence-corrected chi connectivity index (χ1v) is 4.71. The van der Waals surface area contributed by atoms with Crippen molar-refractivity contribution in [1.82, 2.24) is 10.2 Å². The van der Waals surface area contributed by atoms with Crippen LogP contribution in [0.4, 0.5) is 4.79 Å². The van der Waals surface area contributed by atoms with Gasteiger partial charge in [0.25, 0.3) is 5.91 Å². The number of imide groups is 1. The zero-order valence-electron chi connectivity index (χ0n) is 8.19. The van der Waals surface area contributed by atoms with Gasteiger partial charge in [-0.15, -0.1) is 0 Å². The molecular weight excluding hydrogens is 192 g/mol. The molecular formula is C11H11N2O2. The molecule has 1 aliphatic heterocycles. The van der Waals surface area contributed by atoms with E-state index >= 15 is 0 Å². The Morgan fingerprint density at radius 2 is 2.20 bits per heavy atom. The summed E-state index contributed by atoms with van der Waals surface area (Å²) in [5.74, 6) is -0.239. The normalized spacial score (nSPS) is 13.9. The van der Waals surface area contributed by atoms with E-state index in [1.807, 2.05) is 12.1 Å². The third-order valence-corrected chi connectivity index (χ3v) is 2.34. The van der Waals surface area contributed by atoms with Crippen LogP contribution in [0.3, 0.4) is 0 Å². The molecule has 1 aliphatic rings. The number of rotatable bonds is 1. The molecule has 0 unspecified atom stereocenters. The molecule has 4 heteroatoms. The highest BCUT2D eigenvalue weighted by atomic mass is 16.2. The molecule has 2 rings (SSSR count). The standard InChI is InChI=1S/C11H11N2O2/c1-2-12-11(15)13-7-8-5-3-4-6-9(8)10(13)14/h3-6H,1-2,7H2,(H,12,15). The lowest BCUT2D eigenvalue weighted by molar-refractivity contribution is 0.0821. The Bertz CT molecular complexity index is 415. The zero-order chi connectivity index (χ0) is 10.8. The molecule has 15 heavy (non-hydrogen) atoms. The predicted octanol–water partition coefficient (Wildman–Crippen LogP) is 1.19. The lowest BCUT2D eigenvalue weighted by Crippen LogP contribution is -2.39. The summed E-state index contributed by atoms with van der Waals surface area (Å²) < 4.78 is 0. The smallest absolute Gasteiger partial charge is 0.324 e. The summed E-state index contributed by atoms with van der Waals surface area (Å²) in [6, 6.07) is 6.85. The molecule has 0 fully saturated rings. The summed E-state index contributed by atoms with van der Waals surface area (Å²) in [4.78, 5) is 24.4. The number of carbonyl (C=O) groups excluding carboxylic acids is 2. The Morgan fingerprint density at radius 3 is 2.87 bits per heavy atom. The van der Waals surface area contributed by atoms with Crippen molar-refractivity contribution in [2.45, 2.75) is 6.54 Å². The van der Waals surface area contributed by atoms with Crippen molar-refractivity contribution >= 4 is 11.9 Å². The average Bonchev–Trinajstić information content (AvgIpc) is 2.57. The van der Waals surface area contributed by atoms with Crippen LogP contribution in [-0.4, -0.2) is 23.4 Å². The fraction of sp³-hybridized carbons (Fsp3) is 0.182. The highest BCUT2D eigenvalue weighted by molar-refractivity contribution is 6.07. The molecule has 0 aliphatic carbocycles. The molecule has 0 saturated heterocycles. The Kier molecular flexibility index (Phi) is 2.41. The maximum absolute atomic E-state index is 11.8. The molecule has 1 aromatic carbocycles. The summed E-state index contributed by atoms with van der Waals surface area (Å²) in [6.07, 6.45) is 0. The molecule has 1 radical (unpaired) electrons. The molecule has 0 bridgehead atoms. The molecule has 4 nitrogen and oxygen atoms in total. The SMILES string of the molecule is [CH2]CNC(=O)N1Cc2ccccc2C1=O. The van der Waals surface area contributed by atoms with Crippen molar-refractivity contribution < 1.29 is 9.59 Å². The molecule has 77 valence electrons. The Balaban J connectivity index is 2.24. The van der Waals surface area contributed by atoms with Gasteiger partial charge in [0.05, 0.1) is 6.54 Å². The second-order valence-corrected chi connectivity index (χ2v) is 3.28. The molecule has 0 spiro atoms.